The molecule has 0 amide bonds. The molecule has 0 bridgehead atoms. The molecule has 2 rings (SSSR count). The van der Waals surface area contributed by atoms with Gasteiger partial charge >= 0.3 is 0 Å². The Morgan fingerprint density at radius 3 is 2.83 bits per heavy atom. The van der Waals surface area contributed by atoms with Gasteiger partial charge in [-0.05, 0) is 37.1 Å². The molecule has 0 saturated carbocycles. The van der Waals surface area contributed by atoms with E-state index in [1.54, 1.807) is 0 Å². The summed E-state index contributed by atoms with van der Waals surface area (Å²) in [5.74, 6) is 0. The zero-order chi connectivity index (χ0) is 12.8. The Morgan fingerprint density at radius 1 is 1.17 bits per heavy atom. The lowest BCUT2D eigenvalue weighted by molar-refractivity contribution is 0.494. The molecular formula is C16H22N2. The standard InChI is InChI=1S/C16H22N2/c1-3-6-15(17-10-4-2)14-9-8-13-7-5-11-18-16(13)12-14/h5,7-9,11-12,15,17H,3-4,6,10H2,1-2H3. The van der Waals surface area contributed by atoms with Crippen LogP contribution in [0.4, 0.5) is 0 Å². The molecule has 2 aromatic rings. The summed E-state index contributed by atoms with van der Waals surface area (Å²) in [5, 5.41) is 4.84. The van der Waals surface area contributed by atoms with Gasteiger partial charge in [0.15, 0.2) is 0 Å². The Hall–Kier alpha value is -1.41. The molecule has 1 N–H and O–H groups in total. The summed E-state index contributed by atoms with van der Waals surface area (Å²) in [5.41, 5.74) is 2.45. The summed E-state index contributed by atoms with van der Waals surface area (Å²) in [6.45, 7) is 5.52. The molecule has 1 aromatic heterocycles. The van der Waals surface area contributed by atoms with E-state index in [-0.39, 0.29) is 0 Å². The summed E-state index contributed by atoms with van der Waals surface area (Å²) < 4.78 is 0. The quantitative estimate of drug-likeness (QED) is 0.825. The van der Waals surface area contributed by atoms with Crippen molar-refractivity contribution in [2.45, 2.75) is 39.2 Å². The highest BCUT2D eigenvalue weighted by Gasteiger charge is 2.10. The molecule has 2 heteroatoms. The Kier molecular flexibility index (Phi) is 4.71. The minimum Gasteiger partial charge on any atom is -0.310 e. The zero-order valence-corrected chi connectivity index (χ0v) is 11.3. The van der Waals surface area contributed by atoms with Crippen molar-refractivity contribution >= 4 is 10.9 Å². The van der Waals surface area contributed by atoms with E-state index in [0.717, 1.165) is 12.1 Å². The first kappa shape index (κ1) is 13.0. The Balaban J connectivity index is 2.25. The molecule has 96 valence electrons. The maximum atomic E-state index is 4.44. The van der Waals surface area contributed by atoms with E-state index < -0.39 is 0 Å². The van der Waals surface area contributed by atoms with Crippen LogP contribution in [-0.4, -0.2) is 11.5 Å². The van der Waals surface area contributed by atoms with Crippen LogP contribution in [0.3, 0.4) is 0 Å². The van der Waals surface area contributed by atoms with Gasteiger partial charge < -0.3 is 5.32 Å². The topological polar surface area (TPSA) is 24.9 Å². The maximum absolute atomic E-state index is 4.44. The van der Waals surface area contributed by atoms with Crippen molar-refractivity contribution in [1.29, 1.82) is 0 Å². The monoisotopic (exact) mass is 242 g/mol. The molecule has 0 spiro atoms. The molecule has 1 unspecified atom stereocenters. The van der Waals surface area contributed by atoms with E-state index in [1.807, 2.05) is 12.3 Å². The van der Waals surface area contributed by atoms with Crippen LogP contribution in [0, 0.1) is 0 Å². The van der Waals surface area contributed by atoms with Crippen molar-refractivity contribution in [3.05, 3.63) is 42.1 Å². The number of benzene rings is 1. The summed E-state index contributed by atoms with van der Waals surface area (Å²) in [7, 11) is 0. The van der Waals surface area contributed by atoms with Crippen LogP contribution in [-0.2, 0) is 0 Å². The third kappa shape index (κ3) is 3.08. The highest BCUT2D eigenvalue weighted by atomic mass is 14.9. The van der Waals surface area contributed by atoms with Crippen LogP contribution < -0.4 is 5.32 Å². The minimum absolute atomic E-state index is 0.460. The second-order valence-corrected chi connectivity index (χ2v) is 4.75. The smallest absolute Gasteiger partial charge is 0.0705 e. The van der Waals surface area contributed by atoms with Gasteiger partial charge in [0.05, 0.1) is 5.52 Å². The van der Waals surface area contributed by atoms with Crippen molar-refractivity contribution < 1.29 is 0 Å². The first-order valence-corrected chi connectivity index (χ1v) is 6.93. The molecule has 0 aliphatic carbocycles. The van der Waals surface area contributed by atoms with Gasteiger partial charge in [-0.3, -0.25) is 4.98 Å². The normalized spacial score (nSPS) is 12.8. The fourth-order valence-corrected chi connectivity index (χ4v) is 2.29. The van der Waals surface area contributed by atoms with Gasteiger partial charge in [0, 0.05) is 17.6 Å². The van der Waals surface area contributed by atoms with Gasteiger partial charge in [0.1, 0.15) is 0 Å². The van der Waals surface area contributed by atoms with E-state index in [1.165, 1.54) is 30.2 Å². The van der Waals surface area contributed by atoms with Crippen molar-refractivity contribution in [3.8, 4) is 0 Å². The fraction of sp³-hybridized carbons (Fsp3) is 0.438. The number of pyridine rings is 1. The Labute approximate surface area is 109 Å². The van der Waals surface area contributed by atoms with Gasteiger partial charge in [-0.2, -0.15) is 0 Å². The predicted octanol–water partition coefficient (Wildman–Crippen LogP) is 4.08. The zero-order valence-electron chi connectivity index (χ0n) is 11.3. The number of hydrogen-bond donors (Lipinski definition) is 1. The molecule has 0 fully saturated rings. The molecule has 0 radical (unpaired) electrons. The van der Waals surface area contributed by atoms with E-state index >= 15 is 0 Å². The van der Waals surface area contributed by atoms with Crippen molar-refractivity contribution in [2.24, 2.45) is 0 Å². The maximum Gasteiger partial charge on any atom is 0.0705 e. The van der Waals surface area contributed by atoms with Gasteiger partial charge in [0.25, 0.3) is 0 Å². The predicted molar refractivity (Wildman–Crippen MR) is 77.7 cm³/mol. The van der Waals surface area contributed by atoms with E-state index in [9.17, 15) is 0 Å². The first-order chi connectivity index (χ1) is 8.85. The van der Waals surface area contributed by atoms with E-state index in [0.29, 0.717) is 6.04 Å². The molecule has 0 aliphatic rings. The number of hydrogen-bond acceptors (Lipinski definition) is 2. The summed E-state index contributed by atoms with van der Waals surface area (Å²) in [4.78, 5) is 4.44. The third-order valence-corrected chi connectivity index (χ3v) is 3.25. The fourth-order valence-electron chi connectivity index (χ4n) is 2.29. The SMILES string of the molecule is CCCNC(CCC)c1ccc2cccnc2c1. The van der Waals surface area contributed by atoms with E-state index in [2.05, 4.69) is 48.4 Å². The lowest BCUT2D eigenvalue weighted by Crippen LogP contribution is -2.21. The van der Waals surface area contributed by atoms with Crippen molar-refractivity contribution in [3.63, 3.8) is 0 Å². The molecule has 1 atom stereocenters. The largest absolute Gasteiger partial charge is 0.310 e. The number of fused-ring (bicyclic) bond motifs is 1. The van der Waals surface area contributed by atoms with Crippen LogP contribution in [0.5, 0.6) is 0 Å². The first-order valence-electron chi connectivity index (χ1n) is 6.93. The van der Waals surface area contributed by atoms with E-state index in [4.69, 9.17) is 0 Å². The van der Waals surface area contributed by atoms with Crippen LogP contribution in [0.2, 0.25) is 0 Å². The summed E-state index contributed by atoms with van der Waals surface area (Å²) in [6, 6.07) is 11.2. The second kappa shape index (κ2) is 6.50. The highest BCUT2D eigenvalue weighted by molar-refractivity contribution is 5.78. The van der Waals surface area contributed by atoms with Gasteiger partial charge in [-0.25, -0.2) is 0 Å². The Bertz CT molecular complexity index is 493. The van der Waals surface area contributed by atoms with Crippen LogP contribution >= 0.6 is 0 Å². The lowest BCUT2D eigenvalue weighted by atomic mass is 10.0. The molecule has 2 nitrogen and oxygen atoms in total. The van der Waals surface area contributed by atoms with Gasteiger partial charge in [0.2, 0.25) is 0 Å². The number of rotatable bonds is 6. The number of nitrogens with zero attached hydrogens (tertiary/aromatic N) is 1. The van der Waals surface area contributed by atoms with Crippen molar-refractivity contribution in [2.75, 3.05) is 6.54 Å². The molecular weight excluding hydrogens is 220 g/mol. The van der Waals surface area contributed by atoms with Crippen molar-refractivity contribution in [1.82, 2.24) is 10.3 Å². The Morgan fingerprint density at radius 2 is 2.06 bits per heavy atom. The average Bonchev–Trinajstić information content (AvgIpc) is 2.43. The molecule has 0 saturated heterocycles. The summed E-state index contributed by atoms with van der Waals surface area (Å²) in [6.07, 6.45) is 5.41. The van der Waals surface area contributed by atoms with Crippen LogP contribution in [0.1, 0.15) is 44.7 Å². The summed E-state index contributed by atoms with van der Waals surface area (Å²) >= 11 is 0. The number of aromatic nitrogens is 1. The highest BCUT2D eigenvalue weighted by Crippen LogP contribution is 2.22. The molecule has 1 aromatic carbocycles. The minimum atomic E-state index is 0.460. The average molecular weight is 242 g/mol. The van der Waals surface area contributed by atoms with Gasteiger partial charge in [-0.1, -0.05) is 38.5 Å². The number of nitrogens with one attached hydrogen (secondary N) is 1. The third-order valence-electron chi connectivity index (χ3n) is 3.25. The second-order valence-electron chi connectivity index (χ2n) is 4.75. The molecule has 1 heterocycles. The van der Waals surface area contributed by atoms with Crippen LogP contribution in [0.25, 0.3) is 10.9 Å². The van der Waals surface area contributed by atoms with Gasteiger partial charge in [-0.15, -0.1) is 0 Å². The molecule has 18 heavy (non-hydrogen) atoms. The lowest BCUT2D eigenvalue weighted by Gasteiger charge is -2.18. The van der Waals surface area contributed by atoms with Crippen LogP contribution in [0.15, 0.2) is 36.5 Å². The molecule has 0 aliphatic heterocycles.